The van der Waals surface area contributed by atoms with Crippen molar-refractivity contribution in [3.63, 3.8) is 0 Å². The van der Waals surface area contributed by atoms with Gasteiger partial charge in [0.2, 0.25) is 10.0 Å². The Hall–Kier alpha value is -1.04. The Morgan fingerprint density at radius 3 is 2.65 bits per heavy atom. The molecule has 1 rings (SSSR count). The van der Waals surface area contributed by atoms with Crippen molar-refractivity contribution in [3.05, 3.63) is 35.9 Å². The van der Waals surface area contributed by atoms with Gasteiger partial charge in [-0.1, -0.05) is 24.6 Å². The highest BCUT2D eigenvalue weighted by Crippen LogP contribution is 2.24. The molecule has 0 bridgehead atoms. The fraction of sp³-hybridized carbons (Fsp3) is 0.273. The van der Waals surface area contributed by atoms with Crippen molar-refractivity contribution in [1.82, 2.24) is 4.31 Å². The molecule has 1 aromatic rings. The summed E-state index contributed by atoms with van der Waals surface area (Å²) in [5.74, 6) is 0. The Balaban J connectivity index is 3.20. The maximum Gasteiger partial charge on any atom is 0.243 e. The summed E-state index contributed by atoms with van der Waals surface area (Å²) in [7, 11) is -3.53. The minimum atomic E-state index is -3.53. The third kappa shape index (κ3) is 3.00. The Morgan fingerprint density at radius 2 is 2.18 bits per heavy atom. The molecular weight excluding hydrogens is 260 g/mol. The number of nitrogen functional groups attached to an aromatic ring is 1. The fourth-order valence-electron chi connectivity index (χ4n) is 1.37. The minimum Gasteiger partial charge on any atom is -0.397 e. The van der Waals surface area contributed by atoms with Crippen molar-refractivity contribution >= 4 is 27.3 Å². The SMILES string of the molecule is C=CCN(CC)S(=O)(=O)c1ccc(Cl)c(N)c1. The number of anilines is 1. The van der Waals surface area contributed by atoms with Gasteiger partial charge in [0.15, 0.2) is 0 Å². The van der Waals surface area contributed by atoms with Gasteiger partial charge in [0.1, 0.15) is 0 Å². The van der Waals surface area contributed by atoms with Crippen molar-refractivity contribution < 1.29 is 8.42 Å². The van der Waals surface area contributed by atoms with E-state index in [2.05, 4.69) is 6.58 Å². The number of halogens is 1. The molecule has 0 unspecified atom stereocenters. The third-order valence-corrected chi connectivity index (χ3v) is 4.57. The second kappa shape index (κ2) is 5.53. The molecule has 0 amide bonds. The van der Waals surface area contributed by atoms with Gasteiger partial charge in [0.05, 0.1) is 15.6 Å². The van der Waals surface area contributed by atoms with Gasteiger partial charge in [-0.25, -0.2) is 8.42 Å². The summed E-state index contributed by atoms with van der Waals surface area (Å²) in [6, 6.07) is 4.29. The van der Waals surface area contributed by atoms with E-state index in [0.29, 0.717) is 11.6 Å². The van der Waals surface area contributed by atoms with Gasteiger partial charge in [-0.15, -0.1) is 6.58 Å². The number of sulfonamides is 1. The molecule has 0 atom stereocenters. The minimum absolute atomic E-state index is 0.142. The van der Waals surface area contributed by atoms with Gasteiger partial charge in [-0.2, -0.15) is 4.31 Å². The first-order valence-corrected chi connectivity index (χ1v) is 6.91. The first-order chi connectivity index (χ1) is 7.93. The Morgan fingerprint density at radius 1 is 1.53 bits per heavy atom. The van der Waals surface area contributed by atoms with Crippen LogP contribution in [-0.4, -0.2) is 25.8 Å². The standard InChI is InChI=1S/C11H15ClN2O2S/c1-3-7-14(4-2)17(15,16)9-5-6-10(12)11(13)8-9/h3,5-6,8H,1,4,7,13H2,2H3. The molecule has 0 aliphatic carbocycles. The molecule has 2 N–H and O–H groups in total. The summed E-state index contributed by atoms with van der Waals surface area (Å²) in [5, 5.41) is 0.343. The van der Waals surface area contributed by atoms with E-state index < -0.39 is 10.0 Å². The maximum atomic E-state index is 12.2. The maximum absolute atomic E-state index is 12.2. The molecule has 94 valence electrons. The van der Waals surface area contributed by atoms with Crippen LogP contribution in [0.4, 0.5) is 5.69 Å². The fourth-order valence-corrected chi connectivity index (χ4v) is 2.95. The lowest BCUT2D eigenvalue weighted by Crippen LogP contribution is -2.31. The largest absolute Gasteiger partial charge is 0.397 e. The summed E-state index contributed by atoms with van der Waals surface area (Å²) in [4.78, 5) is 0.142. The second-order valence-electron chi connectivity index (χ2n) is 3.43. The molecule has 0 aliphatic heterocycles. The molecule has 17 heavy (non-hydrogen) atoms. The van der Waals surface area contributed by atoms with Crippen LogP contribution in [-0.2, 0) is 10.0 Å². The molecule has 0 saturated heterocycles. The predicted molar refractivity (Wildman–Crippen MR) is 70.5 cm³/mol. The van der Waals surface area contributed by atoms with E-state index in [-0.39, 0.29) is 17.1 Å². The number of hydrogen-bond acceptors (Lipinski definition) is 3. The normalized spacial score (nSPS) is 11.7. The number of nitrogens with two attached hydrogens (primary N) is 1. The highest BCUT2D eigenvalue weighted by Gasteiger charge is 2.22. The van der Waals surface area contributed by atoms with Crippen LogP contribution in [0.3, 0.4) is 0 Å². The van der Waals surface area contributed by atoms with Gasteiger partial charge >= 0.3 is 0 Å². The highest BCUT2D eigenvalue weighted by atomic mass is 35.5. The van der Waals surface area contributed by atoms with E-state index in [0.717, 1.165) is 0 Å². The Labute approximate surface area is 107 Å². The molecule has 0 aliphatic rings. The van der Waals surface area contributed by atoms with Crippen LogP contribution in [0, 0.1) is 0 Å². The van der Waals surface area contributed by atoms with E-state index in [1.807, 2.05) is 0 Å². The van der Waals surface area contributed by atoms with Gasteiger partial charge < -0.3 is 5.73 Å². The number of hydrogen-bond donors (Lipinski definition) is 1. The molecular formula is C11H15ClN2O2S. The Kier molecular flexibility index (Phi) is 4.56. The van der Waals surface area contributed by atoms with Crippen molar-refractivity contribution in [1.29, 1.82) is 0 Å². The van der Waals surface area contributed by atoms with E-state index in [1.54, 1.807) is 13.0 Å². The molecule has 0 heterocycles. The zero-order valence-electron chi connectivity index (χ0n) is 9.56. The monoisotopic (exact) mass is 274 g/mol. The van der Waals surface area contributed by atoms with E-state index in [1.165, 1.54) is 22.5 Å². The predicted octanol–water partition coefficient (Wildman–Crippen LogP) is 2.12. The van der Waals surface area contributed by atoms with Crippen LogP contribution in [0.1, 0.15) is 6.92 Å². The molecule has 0 fully saturated rings. The molecule has 0 aromatic heterocycles. The van der Waals surface area contributed by atoms with E-state index in [9.17, 15) is 8.42 Å². The lowest BCUT2D eigenvalue weighted by Gasteiger charge is -2.19. The summed E-state index contributed by atoms with van der Waals surface area (Å²) in [5.41, 5.74) is 5.85. The molecule has 1 aromatic carbocycles. The Bertz CT molecular complexity index is 514. The quantitative estimate of drug-likeness (QED) is 0.661. The van der Waals surface area contributed by atoms with Crippen molar-refractivity contribution in [2.45, 2.75) is 11.8 Å². The number of likely N-dealkylation sites (N-methyl/N-ethyl adjacent to an activating group) is 1. The third-order valence-electron chi connectivity index (χ3n) is 2.29. The summed E-state index contributed by atoms with van der Waals surface area (Å²) < 4.78 is 25.7. The molecule has 6 heteroatoms. The van der Waals surface area contributed by atoms with E-state index >= 15 is 0 Å². The zero-order valence-corrected chi connectivity index (χ0v) is 11.1. The first kappa shape index (κ1) is 14.0. The average molecular weight is 275 g/mol. The molecule has 0 spiro atoms. The number of benzene rings is 1. The summed E-state index contributed by atoms with van der Waals surface area (Å²) in [6.07, 6.45) is 1.54. The second-order valence-corrected chi connectivity index (χ2v) is 5.77. The summed E-state index contributed by atoms with van der Waals surface area (Å²) in [6.45, 7) is 5.94. The summed E-state index contributed by atoms with van der Waals surface area (Å²) >= 11 is 5.76. The van der Waals surface area contributed by atoms with Crippen LogP contribution in [0.25, 0.3) is 0 Å². The van der Waals surface area contributed by atoms with Crippen LogP contribution in [0.2, 0.25) is 5.02 Å². The van der Waals surface area contributed by atoms with Crippen LogP contribution < -0.4 is 5.73 Å². The van der Waals surface area contributed by atoms with Crippen LogP contribution >= 0.6 is 11.6 Å². The topological polar surface area (TPSA) is 63.4 Å². The van der Waals surface area contributed by atoms with Gasteiger partial charge in [0, 0.05) is 13.1 Å². The van der Waals surface area contributed by atoms with Crippen LogP contribution in [0.15, 0.2) is 35.7 Å². The first-order valence-electron chi connectivity index (χ1n) is 5.09. The number of rotatable bonds is 5. The lowest BCUT2D eigenvalue weighted by atomic mass is 10.3. The van der Waals surface area contributed by atoms with Crippen molar-refractivity contribution in [2.75, 3.05) is 18.8 Å². The van der Waals surface area contributed by atoms with Crippen molar-refractivity contribution in [2.24, 2.45) is 0 Å². The van der Waals surface area contributed by atoms with E-state index in [4.69, 9.17) is 17.3 Å². The smallest absolute Gasteiger partial charge is 0.243 e. The highest BCUT2D eigenvalue weighted by molar-refractivity contribution is 7.89. The zero-order chi connectivity index (χ0) is 13.1. The van der Waals surface area contributed by atoms with Crippen LogP contribution in [0.5, 0.6) is 0 Å². The molecule has 0 saturated carbocycles. The molecule has 4 nitrogen and oxygen atoms in total. The van der Waals surface area contributed by atoms with Gasteiger partial charge in [0.25, 0.3) is 0 Å². The average Bonchev–Trinajstić information content (AvgIpc) is 2.29. The van der Waals surface area contributed by atoms with Gasteiger partial charge in [-0.05, 0) is 18.2 Å². The number of nitrogens with zero attached hydrogens (tertiary/aromatic N) is 1. The lowest BCUT2D eigenvalue weighted by molar-refractivity contribution is 0.460. The van der Waals surface area contributed by atoms with Crippen molar-refractivity contribution in [3.8, 4) is 0 Å². The van der Waals surface area contributed by atoms with Gasteiger partial charge in [-0.3, -0.25) is 0 Å². The molecule has 0 radical (unpaired) electrons.